The number of rotatable bonds is 4. The van der Waals surface area contributed by atoms with E-state index >= 15 is 0 Å². The molecule has 0 aliphatic carbocycles. The molecule has 0 saturated carbocycles. The number of carbonyl (C=O) groups excluding carboxylic acids is 1. The summed E-state index contributed by atoms with van der Waals surface area (Å²) in [4.78, 5) is 18.0. The van der Waals surface area contributed by atoms with E-state index in [1.54, 1.807) is 36.5 Å². The summed E-state index contributed by atoms with van der Waals surface area (Å²) in [5, 5.41) is 20.2. The molecule has 7 nitrogen and oxygen atoms in total. The van der Waals surface area contributed by atoms with E-state index in [9.17, 15) is 10.1 Å². The number of hydrogen-bond donors (Lipinski definition) is 2. The molecule has 0 unspecified atom stereocenters. The average Bonchev–Trinajstić information content (AvgIpc) is 3.29. The first-order valence-corrected chi connectivity index (χ1v) is 12.4. The Bertz CT molecular complexity index is 1550. The molecule has 1 aliphatic heterocycles. The van der Waals surface area contributed by atoms with Gasteiger partial charge in [-0.1, -0.05) is 35.3 Å². The van der Waals surface area contributed by atoms with Crippen LogP contribution in [0.5, 0.6) is 5.88 Å². The number of nitrogens with one attached hydrogen (secondary N) is 2. The van der Waals surface area contributed by atoms with Gasteiger partial charge in [0.2, 0.25) is 5.88 Å². The van der Waals surface area contributed by atoms with Gasteiger partial charge in [0.15, 0.2) is 5.69 Å². The third-order valence-electron chi connectivity index (χ3n) is 6.32. The number of halogens is 2. The number of pyridine rings is 1. The molecule has 9 heteroatoms. The Balaban J connectivity index is 1.68. The van der Waals surface area contributed by atoms with Crippen molar-refractivity contribution in [2.24, 2.45) is 0 Å². The van der Waals surface area contributed by atoms with Crippen LogP contribution in [0.15, 0.2) is 54.7 Å². The lowest BCUT2D eigenvalue weighted by Gasteiger charge is -2.37. The lowest BCUT2D eigenvalue weighted by Crippen LogP contribution is -2.42. The van der Waals surface area contributed by atoms with E-state index in [0.717, 1.165) is 22.3 Å². The minimum Gasteiger partial charge on any atom is -0.471 e. The van der Waals surface area contributed by atoms with Gasteiger partial charge >= 0.3 is 0 Å². The summed E-state index contributed by atoms with van der Waals surface area (Å²) in [5.41, 5.74) is 4.63. The lowest BCUT2D eigenvalue weighted by atomic mass is 9.88. The van der Waals surface area contributed by atoms with Gasteiger partial charge in [0, 0.05) is 34.3 Å². The van der Waals surface area contributed by atoms with Crippen molar-refractivity contribution in [2.45, 2.75) is 38.8 Å². The number of ether oxygens (including phenoxy) is 1. The summed E-state index contributed by atoms with van der Waals surface area (Å²) < 4.78 is 6.30. The van der Waals surface area contributed by atoms with Crippen LogP contribution in [-0.2, 0) is 0 Å². The van der Waals surface area contributed by atoms with Crippen LogP contribution in [0.3, 0.4) is 0 Å². The minimum atomic E-state index is -0.591. The second-order valence-corrected chi connectivity index (χ2v) is 10.4. The molecule has 0 radical (unpaired) electrons. The van der Waals surface area contributed by atoms with E-state index in [2.05, 4.69) is 21.6 Å². The highest BCUT2D eigenvalue weighted by Gasteiger charge is 2.37. The van der Waals surface area contributed by atoms with Crippen molar-refractivity contribution >= 4 is 29.1 Å². The second kappa shape index (κ2) is 9.55. The summed E-state index contributed by atoms with van der Waals surface area (Å²) in [6, 6.07) is 16.2. The molecular formula is C28H23Cl2N5O2. The second-order valence-electron chi connectivity index (χ2n) is 9.60. The van der Waals surface area contributed by atoms with Crippen molar-refractivity contribution in [3.05, 3.63) is 87.2 Å². The summed E-state index contributed by atoms with van der Waals surface area (Å²) in [5.74, 6) is 0.132. The van der Waals surface area contributed by atoms with Gasteiger partial charge < -0.3 is 10.1 Å². The molecule has 0 fully saturated rings. The van der Waals surface area contributed by atoms with Crippen molar-refractivity contribution < 1.29 is 9.53 Å². The standard InChI is InChI=1S/C28H23Cl2N5O2/c1-15-14-32-35-24(15)26(36)33-23-12-28(2,3)37-27-21(23)11-20(17-5-7-18(29)8-6-17)25(34-27)19-9-4-16(13-31)10-22(19)30/h4-11,14,23H,12H2,1-3H3,(H,32,35)(H,33,36)/t23-/m1/s1. The highest BCUT2D eigenvalue weighted by molar-refractivity contribution is 6.33. The predicted octanol–water partition coefficient (Wildman–Crippen LogP) is 6.66. The summed E-state index contributed by atoms with van der Waals surface area (Å²) in [7, 11) is 0. The number of aryl methyl sites for hydroxylation is 1. The normalized spacial score (nSPS) is 15.8. The van der Waals surface area contributed by atoms with Crippen LogP contribution in [0.1, 0.15) is 53.5 Å². The third kappa shape index (κ3) is 4.91. The van der Waals surface area contributed by atoms with Crippen LogP contribution in [0, 0.1) is 18.3 Å². The van der Waals surface area contributed by atoms with Gasteiger partial charge in [-0.2, -0.15) is 10.4 Å². The van der Waals surface area contributed by atoms with E-state index < -0.39 is 5.60 Å². The number of H-pyrrole nitrogens is 1. The number of nitrogens with zero attached hydrogens (tertiary/aromatic N) is 3. The van der Waals surface area contributed by atoms with E-state index in [0.29, 0.717) is 44.9 Å². The number of carbonyl (C=O) groups is 1. The van der Waals surface area contributed by atoms with E-state index in [1.165, 1.54) is 0 Å². The van der Waals surface area contributed by atoms with Crippen LogP contribution in [0.2, 0.25) is 10.0 Å². The zero-order chi connectivity index (χ0) is 26.3. The minimum absolute atomic E-state index is 0.278. The molecule has 186 valence electrons. The number of hydrogen-bond acceptors (Lipinski definition) is 5. The lowest BCUT2D eigenvalue weighted by molar-refractivity contribution is 0.0571. The number of fused-ring (bicyclic) bond motifs is 1. The average molecular weight is 532 g/mol. The molecule has 0 spiro atoms. The monoisotopic (exact) mass is 531 g/mol. The van der Waals surface area contributed by atoms with Crippen LogP contribution >= 0.6 is 23.2 Å². The third-order valence-corrected chi connectivity index (χ3v) is 6.88. The molecule has 1 aliphatic rings. The fourth-order valence-electron chi connectivity index (χ4n) is 4.52. The Kier molecular flexibility index (Phi) is 6.40. The fraction of sp³-hybridized carbons (Fsp3) is 0.214. The van der Waals surface area contributed by atoms with Gasteiger partial charge in [-0.15, -0.1) is 0 Å². The highest BCUT2D eigenvalue weighted by Crippen LogP contribution is 2.44. The van der Waals surface area contributed by atoms with Gasteiger partial charge in [-0.05, 0) is 68.3 Å². The zero-order valence-electron chi connectivity index (χ0n) is 20.4. The Hall–Kier alpha value is -3.86. The molecule has 2 aromatic heterocycles. The first-order valence-electron chi connectivity index (χ1n) is 11.7. The molecule has 1 atom stereocenters. The Morgan fingerprint density at radius 2 is 1.92 bits per heavy atom. The van der Waals surface area contributed by atoms with Crippen molar-refractivity contribution in [1.82, 2.24) is 20.5 Å². The number of amides is 1. The molecule has 37 heavy (non-hydrogen) atoms. The fourth-order valence-corrected chi connectivity index (χ4v) is 4.91. The molecular weight excluding hydrogens is 509 g/mol. The molecule has 2 aromatic carbocycles. The van der Waals surface area contributed by atoms with Crippen LogP contribution < -0.4 is 10.1 Å². The van der Waals surface area contributed by atoms with E-state index in [-0.39, 0.29) is 11.9 Å². The molecule has 5 rings (SSSR count). The molecule has 2 N–H and O–H groups in total. The molecule has 4 aromatic rings. The van der Waals surface area contributed by atoms with Crippen LogP contribution in [-0.4, -0.2) is 26.7 Å². The van der Waals surface area contributed by atoms with Crippen molar-refractivity contribution in [3.63, 3.8) is 0 Å². The Morgan fingerprint density at radius 3 is 2.57 bits per heavy atom. The van der Waals surface area contributed by atoms with E-state index in [1.807, 2.05) is 39.0 Å². The van der Waals surface area contributed by atoms with Crippen LogP contribution in [0.25, 0.3) is 22.4 Å². The number of aromatic amines is 1. The van der Waals surface area contributed by atoms with Gasteiger partial charge in [0.25, 0.3) is 5.91 Å². The smallest absolute Gasteiger partial charge is 0.272 e. The largest absolute Gasteiger partial charge is 0.471 e. The number of benzene rings is 2. The maximum atomic E-state index is 13.1. The summed E-state index contributed by atoms with van der Waals surface area (Å²) >= 11 is 12.8. The molecule has 0 saturated heterocycles. The predicted molar refractivity (Wildman–Crippen MR) is 143 cm³/mol. The summed E-state index contributed by atoms with van der Waals surface area (Å²) in [6.45, 7) is 5.74. The maximum Gasteiger partial charge on any atom is 0.272 e. The molecule has 0 bridgehead atoms. The number of nitriles is 1. The van der Waals surface area contributed by atoms with Crippen molar-refractivity contribution in [2.75, 3.05) is 0 Å². The Morgan fingerprint density at radius 1 is 1.16 bits per heavy atom. The molecule has 1 amide bonds. The van der Waals surface area contributed by atoms with Crippen molar-refractivity contribution in [1.29, 1.82) is 5.26 Å². The van der Waals surface area contributed by atoms with Gasteiger partial charge in [0.1, 0.15) is 5.60 Å². The Labute approximate surface area is 224 Å². The van der Waals surface area contributed by atoms with Gasteiger partial charge in [-0.25, -0.2) is 4.98 Å². The first-order chi connectivity index (χ1) is 17.6. The highest BCUT2D eigenvalue weighted by atomic mass is 35.5. The topological polar surface area (TPSA) is 104 Å². The SMILES string of the molecule is Cc1c[nH]nc1C(=O)N[C@@H]1CC(C)(C)Oc2nc(-c3ccc(C#N)cc3Cl)c(-c3ccc(Cl)cc3)cc21. The van der Waals surface area contributed by atoms with Gasteiger partial charge in [0.05, 0.1) is 28.4 Å². The van der Waals surface area contributed by atoms with Crippen LogP contribution in [0.4, 0.5) is 0 Å². The molecule has 3 heterocycles. The first kappa shape index (κ1) is 24.8. The quantitative estimate of drug-likeness (QED) is 0.306. The number of aromatic nitrogens is 3. The zero-order valence-corrected chi connectivity index (χ0v) is 21.9. The summed E-state index contributed by atoms with van der Waals surface area (Å²) in [6.07, 6.45) is 2.22. The van der Waals surface area contributed by atoms with E-state index in [4.69, 9.17) is 32.9 Å². The maximum absolute atomic E-state index is 13.1. The van der Waals surface area contributed by atoms with Crippen molar-refractivity contribution in [3.8, 4) is 34.3 Å². The van der Waals surface area contributed by atoms with Gasteiger partial charge in [-0.3, -0.25) is 9.89 Å².